The van der Waals surface area contributed by atoms with E-state index in [1.165, 1.54) is 11.8 Å². The Morgan fingerprint density at radius 3 is 2.93 bits per heavy atom. The van der Waals surface area contributed by atoms with Gasteiger partial charge in [-0.05, 0) is 28.1 Å². The van der Waals surface area contributed by atoms with Gasteiger partial charge in [-0.25, -0.2) is 0 Å². The number of carboxylic acids is 1. The van der Waals surface area contributed by atoms with Crippen molar-refractivity contribution in [3.63, 3.8) is 0 Å². The number of rotatable bonds is 5. The second-order valence-corrected chi connectivity index (χ2v) is 4.87. The maximum Gasteiger partial charge on any atom is 0.321 e. The van der Waals surface area contributed by atoms with Gasteiger partial charge in [0, 0.05) is 22.2 Å². The van der Waals surface area contributed by atoms with Gasteiger partial charge in [0.15, 0.2) is 0 Å². The van der Waals surface area contributed by atoms with Gasteiger partial charge in [-0.3, -0.25) is 9.78 Å². The van der Waals surface area contributed by atoms with Crippen LogP contribution in [0.15, 0.2) is 22.8 Å². The Kier molecular flexibility index (Phi) is 5.07. The summed E-state index contributed by atoms with van der Waals surface area (Å²) in [4.78, 5) is 14.6. The van der Waals surface area contributed by atoms with E-state index in [0.717, 1.165) is 10.2 Å². The highest BCUT2D eigenvalue weighted by Crippen LogP contribution is 2.13. The normalized spacial score (nSPS) is 12.4. The molecule has 0 saturated heterocycles. The largest absolute Gasteiger partial charge is 0.480 e. The average Bonchev–Trinajstić information content (AvgIpc) is 2.20. The first kappa shape index (κ1) is 12.5. The first-order chi connectivity index (χ1) is 7.09. The number of halogens is 1. The summed E-state index contributed by atoms with van der Waals surface area (Å²) in [7, 11) is 0. The zero-order valence-electron chi connectivity index (χ0n) is 7.89. The second kappa shape index (κ2) is 6.09. The second-order valence-electron chi connectivity index (χ2n) is 2.93. The maximum absolute atomic E-state index is 10.4. The minimum atomic E-state index is -0.966. The van der Waals surface area contributed by atoms with Crippen LogP contribution in [0.1, 0.15) is 5.69 Å². The predicted molar refractivity (Wildman–Crippen MR) is 63.7 cm³/mol. The Hall–Kier alpha value is -0.590. The summed E-state index contributed by atoms with van der Waals surface area (Å²) in [6.45, 7) is 0. The van der Waals surface area contributed by atoms with Crippen LogP contribution in [0.25, 0.3) is 0 Å². The van der Waals surface area contributed by atoms with Crippen molar-refractivity contribution in [1.29, 1.82) is 0 Å². The molecule has 6 heteroatoms. The Morgan fingerprint density at radius 1 is 1.67 bits per heavy atom. The van der Waals surface area contributed by atoms with Gasteiger partial charge < -0.3 is 10.8 Å². The van der Waals surface area contributed by atoms with Crippen LogP contribution in [0.5, 0.6) is 0 Å². The van der Waals surface area contributed by atoms with Gasteiger partial charge in [0.25, 0.3) is 0 Å². The Labute approximate surface area is 100 Å². The van der Waals surface area contributed by atoms with Gasteiger partial charge in [-0.2, -0.15) is 11.8 Å². The lowest BCUT2D eigenvalue weighted by atomic mass is 10.4. The molecule has 15 heavy (non-hydrogen) atoms. The third-order valence-electron chi connectivity index (χ3n) is 1.65. The summed E-state index contributed by atoms with van der Waals surface area (Å²) in [5.41, 5.74) is 6.27. The van der Waals surface area contributed by atoms with E-state index in [-0.39, 0.29) is 0 Å². The lowest BCUT2D eigenvalue weighted by Crippen LogP contribution is -2.32. The first-order valence-electron chi connectivity index (χ1n) is 4.26. The van der Waals surface area contributed by atoms with Crippen LogP contribution in [-0.2, 0) is 10.5 Å². The molecular weight excluding hydrogens is 280 g/mol. The standard InChI is InChI=1S/C9H11BrN2O2S/c10-6-1-2-7(12-3-6)4-15-5-8(11)9(13)14/h1-3,8H,4-5,11H2,(H,13,14)/t8-/m0/s1. The molecule has 0 amide bonds. The van der Waals surface area contributed by atoms with Crippen molar-refractivity contribution in [2.24, 2.45) is 5.73 Å². The van der Waals surface area contributed by atoms with Gasteiger partial charge in [0.05, 0.1) is 5.69 Å². The van der Waals surface area contributed by atoms with Gasteiger partial charge in [0.1, 0.15) is 6.04 Å². The number of aromatic nitrogens is 1. The zero-order chi connectivity index (χ0) is 11.3. The molecule has 82 valence electrons. The lowest BCUT2D eigenvalue weighted by Gasteiger charge is -2.05. The third-order valence-corrected chi connectivity index (χ3v) is 3.22. The van der Waals surface area contributed by atoms with Crippen LogP contribution in [0.3, 0.4) is 0 Å². The van der Waals surface area contributed by atoms with Crippen molar-refractivity contribution in [2.75, 3.05) is 5.75 Å². The van der Waals surface area contributed by atoms with Crippen molar-refractivity contribution in [2.45, 2.75) is 11.8 Å². The maximum atomic E-state index is 10.4. The van der Waals surface area contributed by atoms with E-state index in [1.54, 1.807) is 6.20 Å². The smallest absolute Gasteiger partial charge is 0.321 e. The molecule has 1 rings (SSSR count). The van der Waals surface area contributed by atoms with Crippen LogP contribution in [-0.4, -0.2) is 27.9 Å². The van der Waals surface area contributed by atoms with Crippen molar-refractivity contribution in [3.05, 3.63) is 28.5 Å². The summed E-state index contributed by atoms with van der Waals surface area (Å²) >= 11 is 4.75. The number of carboxylic acid groups (broad SMARTS) is 1. The number of hydrogen-bond donors (Lipinski definition) is 2. The fourth-order valence-corrected chi connectivity index (χ4v) is 1.98. The predicted octanol–water partition coefficient (Wildman–Crippen LogP) is 1.49. The monoisotopic (exact) mass is 290 g/mol. The molecule has 0 aliphatic heterocycles. The number of nitrogens with two attached hydrogens (primary N) is 1. The molecule has 1 aromatic rings. The van der Waals surface area contributed by atoms with E-state index in [1.807, 2.05) is 12.1 Å². The molecule has 0 radical (unpaired) electrons. The van der Waals surface area contributed by atoms with Crippen LogP contribution < -0.4 is 5.73 Å². The van der Waals surface area contributed by atoms with Crippen LogP contribution in [0.4, 0.5) is 0 Å². The topological polar surface area (TPSA) is 76.2 Å². The molecule has 3 N–H and O–H groups in total. The fourth-order valence-electron chi connectivity index (χ4n) is 0.854. The third kappa shape index (κ3) is 4.63. The summed E-state index contributed by atoms with van der Waals surface area (Å²) in [6, 6.07) is 2.99. The van der Waals surface area contributed by atoms with E-state index < -0.39 is 12.0 Å². The van der Waals surface area contributed by atoms with Crippen molar-refractivity contribution in [3.8, 4) is 0 Å². The highest BCUT2D eigenvalue weighted by molar-refractivity contribution is 9.10. The minimum absolute atomic E-state index is 0.396. The molecule has 1 atom stereocenters. The molecule has 0 spiro atoms. The number of carbonyl (C=O) groups is 1. The summed E-state index contributed by atoms with van der Waals surface area (Å²) < 4.78 is 0.929. The SMILES string of the molecule is N[C@@H](CSCc1ccc(Br)cn1)C(=O)O. The highest BCUT2D eigenvalue weighted by atomic mass is 79.9. The molecule has 0 aliphatic rings. The number of hydrogen-bond acceptors (Lipinski definition) is 4. The minimum Gasteiger partial charge on any atom is -0.480 e. The highest BCUT2D eigenvalue weighted by Gasteiger charge is 2.10. The van der Waals surface area contributed by atoms with Gasteiger partial charge in [-0.1, -0.05) is 0 Å². The molecular formula is C9H11BrN2O2S. The fraction of sp³-hybridized carbons (Fsp3) is 0.333. The van der Waals surface area contributed by atoms with Crippen molar-refractivity contribution >= 4 is 33.7 Å². The van der Waals surface area contributed by atoms with E-state index in [4.69, 9.17) is 10.8 Å². The Bertz CT molecular complexity index is 331. The Morgan fingerprint density at radius 2 is 2.40 bits per heavy atom. The van der Waals surface area contributed by atoms with E-state index in [0.29, 0.717) is 11.5 Å². The average molecular weight is 291 g/mol. The van der Waals surface area contributed by atoms with Gasteiger partial charge in [0.2, 0.25) is 0 Å². The van der Waals surface area contributed by atoms with E-state index in [9.17, 15) is 4.79 Å². The van der Waals surface area contributed by atoms with Gasteiger partial charge in [-0.15, -0.1) is 0 Å². The molecule has 1 aromatic heterocycles. The number of nitrogens with zero attached hydrogens (tertiary/aromatic N) is 1. The summed E-state index contributed by atoms with van der Waals surface area (Å²) in [5.74, 6) is 0.104. The Balaban J connectivity index is 2.32. The van der Waals surface area contributed by atoms with Crippen LogP contribution in [0, 0.1) is 0 Å². The zero-order valence-corrected chi connectivity index (χ0v) is 10.3. The molecule has 0 saturated carbocycles. The molecule has 0 fully saturated rings. The molecule has 0 aliphatic carbocycles. The summed E-state index contributed by atoms with van der Waals surface area (Å²) in [5, 5.41) is 8.56. The number of aliphatic carboxylic acids is 1. The van der Waals surface area contributed by atoms with Crippen molar-refractivity contribution < 1.29 is 9.90 Å². The number of thioether (sulfide) groups is 1. The van der Waals surface area contributed by atoms with E-state index >= 15 is 0 Å². The first-order valence-corrected chi connectivity index (χ1v) is 6.21. The molecule has 0 unspecified atom stereocenters. The molecule has 0 bridgehead atoms. The van der Waals surface area contributed by atoms with Crippen molar-refractivity contribution in [1.82, 2.24) is 4.98 Å². The molecule has 1 heterocycles. The van der Waals surface area contributed by atoms with E-state index in [2.05, 4.69) is 20.9 Å². The van der Waals surface area contributed by atoms with Gasteiger partial charge >= 0.3 is 5.97 Å². The number of pyridine rings is 1. The summed E-state index contributed by atoms with van der Waals surface area (Å²) in [6.07, 6.45) is 1.72. The molecule has 0 aromatic carbocycles. The quantitative estimate of drug-likeness (QED) is 0.859. The lowest BCUT2D eigenvalue weighted by molar-refractivity contribution is -0.137. The van der Waals surface area contributed by atoms with Crippen LogP contribution >= 0.6 is 27.7 Å². The van der Waals surface area contributed by atoms with Crippen LogP contribution in [0.2, 0.25) is 0 Å². The molecule has 4 nitrogen and oxygen atoms in total.